The molecule has 1 rings (SSSR count). The van der Waals surface area contributed by atoms with Gasteiger partial charge in [0, 0.05) is 13.1 Å². The third-order valence-electron chi connectivity index (χ3n) is 3.18. The van der Waals surface area contributed by atoms with Crippen LogP contribution in [0.3, 0.4) is 0 Å². The van der Waals surface area contributed by atoms with Crippen molar-refractivity contribution in [1.82, 2.24) is 16.0 Å². The summed E-state index contributed by atoms with van der Waals surface area (Å²) in [6.45, 7) is 5.35. The van der Waals surface area contributed by atoms with Crippen LogP contribution in [0.1, 0.15) is 31.1 Å². The lowest BCUT2D eigenvalue weighted by molar-refractivity contribution is -0.120. The topological polar surface area (TPSA) is 115 Å². The Balaban J connectivity index is 2.39. The van der Waals surface area contributed by atoms with E-state index in [-0.39, 0.29) is 31.1 Å². The number of amides is 3. The van der Waals surface area contributed by atoms with Crippen molar-refractivity contribution in [2.45, 2.75) is 26.4 Å². The molecule has 3 amide bonds. The molecule has 0 fully saturated rings. The van der Waals surface area contributed by atoms with Gasteiger partial charge < -0.3 is 30.2 Å². The van der Waals surface area contributed by atoms with Crippen molar-refractivity contribution >= 4 is 17.9 Å². The van der Waals surface area contributed by atoms with Crippen LogP contribution in [0.25, 0.3) is 0 Å². The van der Waals surface area contributed by atoms with Gasteiger partial charge in [0.2, 0.25) is 5.91 Å². The first kappa shape index (κ1) is 22.1. The minimum atomic E-state index is -0.672. The first-order chi connectivity index (χ1) is 12.7. The van der Waals surface area contributed by atoms with Crippen LogP contribution in [-0.4, -0.2) is 57.4 Å². The highest BCUT2D eigenvalue weighted by atomic mass is 16.6. The third-order valence-corrected chi connectivity index (χ3v) is 3.18. The lowest BCUT2D eigenvalue weighted by Gasteiger charge is -2.19. The molecule has 0 bridgehead atoms. The van der Waals surface area contributed by atoms with Gasteiger partial charge in [0.05, 0.1) is 20.8 Å². The molecule has 1 aromatic rings. The number of carbonyl (C=O) groups excluding carboxylic acids is 3. The summed E-state index contributed by atoms with van der Waals surface area (Å²) in [6.07, 6.45) is -0.672. The van der Waals surface area contributed by atoms with Gasteiger partial charge in [-0.25, -0.2) is 4.79 Å². The number of methoxy groups -OCH3 is 2. The highest BCUT2D eigenvalue weighted by Crippen LogP contribution is 2.27. The van der Waals surface area contributed by atoms with Gasteiger partial charge in [-0.3, -0.25) is 9.59 Å². The number of hydrogen-bond acceptors (Lipinski definition) is 6. The Morgan fingerprint density at radius 1 is 0.926 bits per heavy atom. The van der Waals surface area contributed by atoms with Gasteiger partial charge in [0.1, 0.15) is 22.7 Å². The molecule has 1 aromatic carbocycles. The van der Waals surface area contributed by atoms with Crippen LogP contribution in [0.5, 0.6) is 11.5 Å². The van der Waals surface area contributed by atoms with E-state index in [0.717, 1.165) is 0 Å². The molecular weight excluding hydrogens is 354 g/mol. The van der Waals surface area contributed by atoms with E-state index < -0.39 is 17.6 Å². The second-order valence-corrected chi connectivity index (χ2v) is 6.50. The van der Waals surface area contributed by atoms with Gasteiger partial charge in [0.25, 0.3) is 5.91 Å². The Kier molecular flexibility index (Phi) is 8.37. The quantitative estimate of drug-likeness (QED) is 0.581. The summed E-state index contributed by atoms with van der Waals surface area (Å²) in [5, 5.41) is 7.60. The Morgan fingerprint density at radius 2 is 1.48 bits per heavy atom. The fourth-order valence-corrected chi connectivity index (χ4v) is 2.07. The molecule has 27 heavy (non-hydrogen) atoms. The van der Waals surface area contributed by atoms with Gasteiger partial charge in [-0.05, 0) is 32.9 Å². The van der Waals surface area contributed by atoms with E-state index in [9.17, 15) is 14.4 Å². The fraction of sp³-hybridized carbons (Fsp3) is 0.500. The predicted octanol–water partition coefficient (Wildman–Crippen LogP) is 1.07. The number of carbonyl (C=O) groups is 3. The summed E-state index contributed by atoms with van der Waals surface area (Å²) in [4.78, 5) is 35.5. The lowest BCUT2D eigenvalue weighted by Crippen LogP contribution is -2.42. The maximum absolute atomic E-state index is 12.3. The van der Waals surface area contributed by atoms with Crippen molar-refractivity contribution in [1.29, 1.82) is 0 Å². The maximum Gasteiger partial charge on any atom is 0.408 e. The van der Waals surface area contributed by atoms with Crippen LogP contribution in [-0.2, 0) is 9.53 Å². The molecule has 0 heterocycles. The molecule has 3 N–H and O–H groups in total. The molecule has 0 unspecified atom stereocenters. The second-order valence-electron chi connectivity index (χ2n) is 6.50. The summed E-state index contributed by atoms with van der Waals surface area (Å²) in [5.41, 5.74) is -0.356. The first-order valence-corrected chi connectivity index (χ1v) is 8.40. The summed E-state index contributed by atoms with van der Waals surface area (Å²) in [7, 11) is 2.92. The Labute approximate surface area is 158 Å². The van der Waals surface area contributed by atoms with Crippen LogP contribution in [0.4, 0.5) is 4.79 Å². The van der Waals surface area contributed by atoms with E-state index >= 15 is 0 Å². The van der Waals surface area contributed by atoms with E-state index in [2.05, 4.69) is 16.0 Å². The van der Waals surface area contributed by atoms with E-state index in [1.54, 1.807) is 39.0 Å². The highest BCUT2D eigenvalue weighted by molar-refractivity contribution is 5.99. The van der Waals surface area contributed by atoms with E-state index in [1.807, 2.05) is 0 Å². The van der Waals surface area contributed by atoms with Gasteiger partial charge >= 0.3 is 6.09 Å². The average Bonchev–Trinajstić information content (AvgIpc) is 2.61. The van der Waals surface area contributed by atoms with Crippen molar-refractivity contribution in [3.05, 3.63) is 23.8 Å². The summed E-state index contributed by atoms with van der Waals surface area (Å²) in [5.74, 6) is -0.00898. The number of ether oxygens (including phenoxy) is 3. The maximum atomic E-state index is 12.3. The van der Waals surface area contributed by atoms with Crippen LogP contribution >= 0.6 is 0 Å². The monoisotopic (exact) mass is 381 g/mol. The highest BCUT2D eigenvalue weighted by Gasteiger charge is 2.18. The molecule has 9 nitrogen and oxygen atoms in total. The summed E-state index contributed by atoms with van der Waals surface area (Å²) < 4.78 is 15.4. The zero-order valence-electron chi connectivity index (χ0n) is 16.3. The standard InChI is InChI=1S/C18H27N3O6/c1-18(2,3)27-17(24)21-11-14(22)19-9-10-20-16(23)15-12(25-4)7-6-8-13(15)26-5/h6-8H,9-11H2,1-5H3,(H,19,22)(H,20,23)(H,21,24). The number of alkyl carbamates (subject to hydrolysis) is 1. The molecule has 0 saturated heterocycles. The van der Waals surface area contributed by atoms with Crippen LogP contribution in [0.2, 0.25) is 0 Å². The van der Waals surface area contributed by atoms with E-state index in [4.69, 9.17) is 14.2 Å². The molecule has 9 heteroatoms. The van der Waals surface area contributed by atoms with Crippen molar-refractivity contribution in [3.63, 3.8) is 0 Å². The lowest BCUT2D eigenvalue weighted by atomic mass is 10.1. The van der Waals surface area contributed by atoms with Crippen LogP contribution < -0.4 is 25.4 Å². The smallest absolute Gasteiger partial charge is 0.408 e. The number of benzene rings is 1. The Morgan fingerprint density at radius 3 is 2.00 bits per heavy atom. The largest absolute Gasteiger partial charge is 0.496 e. The van der Waals surface area contributed by atoms with Crippen molar-refractivity contribution in [2.75, 3.05) is 33.9 Å². The normalized spacial score (nSPS) is 10.6. The van der Waals surface area contributed by atoms with Crippen LogP contribution in [0, 0.1) is 0 Å². The third kappa shape index (κ3) is 7.85. The molecule has 0 aliphatic heterocycles. The molecule has 0 saturated carbocycles. The first-order valence-electron chi connectivity index (χ1n) is 8.40. The van der Waals surface area contributed by atoms with Crippen molar-refractivity contribution in [2.24, 2.45) is 0 Å². The molecule has 0 aromatic heterocycles. The molecule has 0 aliphatic carbocycles. The van der Waals surface area contributed by atoms with Gasteiger partial charge in [-0.1, -0.05) is 6.07 Å². The molecule has 0 radical (unpaired) electrons. The Bertz CT molecular complexity index is 647. The zero-order valence-corrected chi connectivity index (χ0v) is 16.3. The molecule has 0 aliphatic rings. The van der Waals surface area contributed by atoms with Crippen molar-refractivity contribution < 1.29 is 28.6 Å². The second kappa shape index (κ2) is 10.2. The Hall–Kier alpha value is -2.97. The molecule has 150 valence electrons. The molecule has 0 spiro atoms. The van der Waals surface area contributed by atoms with E-state index in [1.165, 1.54) is 14.2 Å². The molecule has 0 atom stereocenters. The predicted molar refractivity (Wildman–Crippen MR) is 99.1 cm³/mol. The average molecular weight is 381 g/mol. The van der Waals surface area contributed by atoms with Crippen molar-refractivity contribution in [3.8, 4) is 11.5 Å². The number of rotatable bonds is 8. The SMILES string of the molecule is COc1cccc(OC)c1C(=O)NCCNC(=O)CNC(=O)OC(C)(C)C. The van der Waals surface area contributed by atoms with Gasteiger partial charge in [-0.2, -0.15) is 0 Å². The van der Waals surface area contributed by atoms with Gasteiger partial charge in [0.15, 0.2) is 0 Å². The summed E-state index contributed by atoms with van der Waals surface area (Å²) >= 11 is 0. The zero-order chi connectivity index (χ0) is 20.4. The summed E-state index contributed by atoms with van der Waals surface area (Å²) in [6, 6.07) is 5.02. The minimum absolute atomic E-state index is 0.192. The van der Waals surface area contributed by atoms with E-state index in [0.29, 0.717) is 11.5 Å². The minimum Gasteiger partial charge on any atom is -0.496 e. The number of nitrogens with one attached hydrogen (secondary N) is 3. The number of hydrogen-bond donors (Lipinski definition) is 3. The fourth-order valence-electron chi connectivity index (χ4n) is 2.07. The van der Waals surface area contributed by atoms with Crippen LogP contribution in [0.15, 0.2) is 18.2 Å². The molecular formula is C18H27N3O6. The van der Waals surface area contributed by atoms with Gasteiger partial charge in [-0.15, -0.1) is 0 Å².